The van der Waals surface area contributed by atoms with Crippen LogP contribution in [0.4, 0.5) is 13.2 Å². The van der Waals surface area contributed by atoms with E-state index in [1.165, 1.54) is 24.3 Å². The second kappa shape index (κ2) is 6.64. The van der Waals surface area contributed by atoms with E-state index in [1.54, 1.807) is 0 Å². The molecular formula is C14H19F3N2O2. The molecule has 21 heavy (non-hydrogen) atoms. The molecule has 0 aromatic heterocycles. The minimum atomic E-state index is -4.72. The molecule has 0 bridgehead atoms. The lowest BCUT2D eigenvalue weighted by Gasteiger charge is -2.24. The summed E-state index contributed by atoms with van der Waals surface area (Å²) in [5, 5.41) is 10.2. The monoisotopic (exact) mass is 304 g/mol. The molecule has 1 fully saturated rings. The van der Waals surface area contributed by atoms with Crippen LogP contribution in [0.25, 0.3) is 0 Å². The summed E-state index contributed by atoms with van der Waals surface area (Å²) in [6, 6.07) is 4.67. The van der Waals surface area contributed by atoms with Gasteiger partial charge in [-0.3, -0.25) is 0 Å². The molecule has 1 saturated heterocycles. The highest BCUT2D eigenvalue weighted by Crippen LogP contribution is 2.25. The highest BCUT2D eigenvalue weighted by molar-refractivity contribution is 5.29. The third-order valence-electron chi connectivity index (χ3n) is 3.53. The average Bonchev–Trinajstić information content (AvgIpc) is 2.90. The fraction of sp³-hybridized carbons (Fsp3) is 0.571. The number of nitrogens with two attached hydrogens (primary N) is 1. The van der Waals surface area contributed by atoms with E-state index >= 15 is 0 Å². The quantitative estimate of drug-likeness (QED) is 0.874. The van der Waals surface area contributed by atoms with E-state index in [1.807, 2.05) is 0 Å². The van der Waals surface area contributed by atoms with Gasteiger partial charge in [-0.05, 0) is 43.6 Å². The van der Waals surface area contributed by atoms with E-state index in [-0.39, 0.29) is 5.75 Å². The normalized spacial score (nSPS) is 19.5. The lowest BCUT2D eigenvalue weighted by atomic mass is 10.0. The molecule has 4 nitrogen and oxygen atoms in total. The zero-order valence-corrected chi connectivity index (χ0v) is 11.5. The molecule has 1 aromatic rings. The predicted octanol–water partition coefficient (Wildman–Crippen LogP) is 2.04. The van der Waals surface area contributed by atoms with Crippen molar-refractivity contribution in [2.45, 2.75) is 31.3 Å². The van der Waals surface area contributed by atoms with Crippen LogP contribution in [0.1, 0.15) is 24.5 Å². The Labute approximate surface area is 121 Å². The average molecular weight is 304 g/mol. The highest BCUT2D eigenvalue weighted by Gasteiger charge is 2.31. The second-order valence-electron chi connectivity index (χ2n) is 5.23. The third-order valence-corrected chi connectivity index (χ3v) is 3.53. The van der Waals surface area contributed by atoms with Crippen LogP contribution in [-0.4, -0.2) is 42.0 Å². The Hall–Kier alpha value is -1.31. The molecule has 0 radical (unpaired) electrons. The first kappa shape index (κ1) is 16.1. The summed E-state index contributed by atoms with van der Waals surface area (Å²) in [6.07, 6.45) is -3.37. The van der Waals surface area contributed by atoms with Gasteiger partial charge in [0, 0.05) is 12.6 Å². The Bertz CT molecular complexity index is 445. The number of aliphatic hydroxyl groups excluding tert-OH is 1. The van der Waals surface area contributed by atoms with Gasteiger partial charge in [0.05, 0.1) is 6.10 Å². The van der Waals surface area contributed by atoms with E-state index in [2.05, 4.69) is 9.64 Å². The van der Waals surface area contributed by atoms with Crippen molar-refractivity contribution < 1.29 is 23.0 Å². The van der Waals surface area contributed by atoms with E-state index in [4.69, 9.17) is 5.73 Å². The van der Waals surface area contributed by atoms with E-state index < -0.39 is 18.5 Å². The Morgan fingerprint density at radius 3 is 2.29 bits per heavy atom. The summed E-state index contributed by atoms with van der Waals surface area (Å²) in [7, 11) is 0. The third kappa shape index (κ3) is 4.87. The number of nitrogens with zero attached hydrogens (tertiary/aromatic N) is 1. The summed E-state index contributed by atoms with van der Waals surface area (Å²) in [6.45, 7) is 2.51. The Morgan fingerprint density at radius 2 is 1.76 bits per heavy atom. The number of rotatable bonds is 5. The minimum absolute atomic E-state index is 0.313. The van der Waals surface area contributed by atoms with Crippen molar-refractivity contribution in [3.8, 4) is 5.75 Å². The van der Waals surface area contributed by atoms with Crippen molar-refractivity contribution >= 4 is 0 Å². The molecule has 1 aliphatic heterocycles. The van der Waals surface area contributed by atoms with Gasteiger partial charge >= 0.3 is 6.36 Å². The van der Waals surface area contributed by atoms with Crippen LogP contribution in [0.2, 0.25) is 0 Å². The Morgan fingerprint density at radius 1 is 1.19 bits per heavy atom. The molecule has 3 N–H and O–H groups in total. The highest BCUT2D eigenvalue weighted by atomic mass is 19.4. The van der Waals surface area contributed by atoms with Crippen molar-refractivity contribution in [3.05, 3.63) is 29.8 Å². The topological polar surface area (TPSA) is 58.7 Å². The van der Waals surface area contributed by atoms with Gasteiger partial charge in [-0.25, -0.2) is 0 Å². The lowest BCUT2D eigenvalue weighted by molar-refractivity contribution is -0.274. The van der Waals surface area contributed by atoms with E-state index in [0.717, 1.165) is 25.9 Å². The van der Waals surface area contributed by atoms with E-state index in [0.29, 0.717) is 12.1 Å². The molecule has 0 aliphatic carbocycles. The molecule has 1 aromatic carbocycles. The van der Waals surface area contributed by atoms with Gasteiger partial charge < -0.3 is 20.5 Å². The fourth-order valence-electron chi connectivity index (χ4n) is 2.48. The summed E-state index contributed by atoms with van der Waals surface area (Å²) < 4.78 is 40.0. The van der Waals surface area contributed by atoms with Crippen LogP contribution in [0.5, 0.6) is 5.75 Å². The summed E-state index contributed by atoms with van der Waals surface area (Å²) in [5.41, 5.74) is 6.45. The molecule has 2 rings (SSSR count). The number of ether oxygens (including phenoxy) is 1. The number of hydrogen-bond donors (Lipinski definition) is 2. The summed E-state index contributed by atoms with van der Waals surface area (Å²) >= 11 is 0. The van der Waals surface area contributed by atoms with Gasteiger partial charge in [0.1, 0.15) is 5.75 Å². The van der Waals surface area contributed by atoms with Gasteiger partial charge in [-0.15, -0.1) is 13.2 Å². The lowest BCUT2D eigenvalue weighted by Crippen LogP contribution is -2.40. The van der Waals surface area contributed by atoms with Crippen LogP contribution >= 0.6 is 0 Å². The Kier molecular flexibility index (Phi) is 5.08. The molecule has 1 heterocycles. The molecule has 1 aliphatic rings. The number of hydrogen-bond acceptors (Lipinski definition) is 4. The molecule has 2 atom stereocenters. The van der Waals surface area contributed by atoms with Crippen molar-refractivity contribution in [2.75, 3.05) is 19.6 Å². The summed E-state index contributed by atoms with van der Waals surface area (Å²) in [5.74, 6) is -0.313. The van der Waals surface area contributed by atoms with Crippen molar-refractivity contribution in [3.63, 3.8) is 0 Å². The van der Waals surface area contributed by atoms with Gasteiger partial charge in [0.15, 0.2) is 0 Å². The largest absolute Gasteiger partial charge is 0.573 e. The number of aliphatic hydroxyl groups is 1. The molecule has 118 valence electrons. The summed E-state index contributed by atoms with van der Waals surface area (Å²) in [4.78, 5) is 2.18. The molecule has 0 spiro atoms. The first-order chi connectivity index (χ1) is 9.85. The number of halogens is 3. The van der Waals surface area contributed by atoms with Gasteiger partial charge in [-0.1, -0.05) is 12.1 Å². The predicted molar refractivity (Wildman–Crippen MR) is 71.7 cm³/mol. The van der Waals surface area contributed by atoms with E-state index in [9.17, 15) is 18.3 Å². The molecule has 0 saturated carbocycles. The maximum Gasteiger partial charge on any atom is 0.573 e. The zero-order chi connectivity index (χ0) is 15.5. The minimum Gasteiger partial charge on any atom is -0.406 e. The smallest absolute Gasteiger partial charge is 0.406 e. The van der Waals surface area contributed by atoms with Crippen LogP contribution in [-0.2, 0) is 0 Å². The first-order valence-corrected chi connectivity index (χ1v) is 6.87. The number of likely N-dealkylation sites (tertiary alicyclic amines) is 1. The first-order valence-electron chi connectivity index (χ1n) is 6.87. The van der Waals surface area contributed by atoms with Gasteiger partial charge in [0.25, 0.3) is 0 Å². The second-order valence-corrected chi connectivity index (χ2v) is 5.23. The van der Waals surface area contributed by atoms with Crippen LogP contribution < -0.4 is 10.5 Å². The fourth-order valence-corrected chi connectivity index (χ4v) is 2.48. The molecule has 1 unspecified atom stereocenters. The standard InChI is InChI=1S/C14H19F3N2O2/c15-14(16,17)21-11-5-3-10(4-6-11)13(20)12(18)9-19-7-1-2-8-19/h3-6,12-13,20H,1-2,7-9,18H2/t12-,13?/m1/s1. The molecule has 0 amide bonds. The van der Waals surface area contributed by atoms with Crippen molar-refractivity contribution in [2.24, 2.45) is 5.73 Å². The van der Waals surface area contributed by atoms with Gasteiger partial charge in [0.2, 0.25) is 0 Å². The zero-order valence-electron chi connectivity index (χ0n) is 11.5. The Balaban J connectivity index is 1.93. The van der Waals surface area contributed by atoms with Crippen LogP contribution in [0, 0.1) is 0 Å². The number of alkyl halides is 3. The molecule has 7 heteroatoms. The van der Waals surface area contributed by atoms with Crippen LogP contribution in [0.3, 0.4) is 0 Å². The van der Waals surface area contributed by atoms with Crippen molar-refractivity contribution in [1.82, 2.24) is 4.90 Å². The van der Waals surface area contributed by atoms with Crippen molar-refractivity contribution in [1.29, 1.82) is 0 Å². The maximum absolute atomic E-state index is 12.1. The van der Waals surface area contributed by atoms with Gasteiger partial charge in [-0.2, -0.15) is 0 Å². The maximum atomic E-state index is 12.1. The van der Waals surface area contributed by atoms with Crippen LogP contribution in [0.15, 0.2) is 24.3 Å². The SMILES string of the molecule is N[C@H](CN1CCCC1)C(O)c1ccc(OC(F)(F)F)cc1. The molecular weight excluding hydrogens is 285 g/mol. The number of benzene rings is 1.